The number of hydrogen-bond acceptors (Lipinski definition) is 9. The predicted molar refractivity (Wildman–Crippen MR) is 199 cm³/mol. The molecule has 0 aromatic carbocycles. The number of ether oxygens (including phenoxy) is 3. The Kier molecular flexibility index (Phi) is 34.4. The van der Waals surface area contributed by atoms with Crippen molar-refractivity contribution in [3.05, 3.63) is 0 Å². The van der Waals surface area contributed by atoms with Crippen molar-refractivity contribution in [1.82, 2.24) is 10.6 Å². The lowest BCUT2D eigenvalue weighted by Crippen LogP contribution is -2.26. The molecule has 0 aromatic rings. The monoisotopic (exact) mass is 742 g/mol. The molecule has 0 aliphatic rings. The van der Waals surface area contributed by atoms with Crippen LogP contribution in [0, 0.1) is 5.92 Å². The molecule has 13 nitrogen and oxygen atoms in total. The van der Waals surface area contributed by atoms with Crippen molar-refractivity contribution in [2.45, 2.75) is 155 Å². The van der Waals surface area contributed by atoms with Gasteiger partial charge in [0.05, 0.1) is 32.3 Å². The first-order chi connectivity index (χ1) is 25.1. The van der Waals surface area contributed by atoms with Crippen LogP contribution in [0.3, 0.4) is 0 Å². The van der Waals surface area contributed by atoms with Crippen molar-refractivity contribution in [1.29, 1.82) is 0 Å². The number of carbonyl (C=O) groups excluding carboxylic acids is 4. The molecule has 0 aliphatic carbocycles. The van der Waals surface area contributed by atoms with E-state index in [1.807, 2.05) is 0 Å². The van der Waals surface area contributed by atoms with Crippen LogP contribution < -0.4 is 10.6 Å². The van der Waals surface area contributed by atoms with Crippen LogP contribution in [-0.2, 0) is 43.0 Å². The SMILES string of the molecule is CC(=O)CC[C@H](CC(=O)CCC(=O)NCCCOCCOCCOCCCNC(=O)CCCCCCCCCCCCCCCCC(=O)O)C(=O)O. The number of carbonyl (C=O) groups is 6. The zero-order valence-corrected chi connectivity index (χ0v) is 32.1. The van der Waals surface area contributed by atoms with Crippen molar-refractivity contribution in [2.24, 2.45) is 5.92 Å². The molecule has 1 atom stereocenters. The van der Waals surface area contributed by atoms with Crippen molar-refractivity contribution in [2.75, 3.05) is 52.7 Å². The second-order valence-electron chi connectivity index (χ2n) is 13.6. The van der Waals surface area contributed by atoms with Gasteiger partial charge in [0.15, 0.2) is 0 Å². The van der Waals surface area contributed by atoms with E-state index in [4.69, 9.17) is 19.3 Å². The first-order valence-electron chi connectivity index (χ1n) is 19.8. The van der Waals surface area contributed by atoms with E-state index in [0.717, 1.165) is 38.5 Å². The Morgan fingerprint density at radius 1 is 0.481 bits per heavy atom. The molecule has 0 heterocycles. The van der Waals surface area contributed by atoms with Crippen molar-refractivity contribution >= 4 is 35.3 Å². The van der Waals surface area contributed by atoms with Gasteiger partial charge in [0.25, 0.3) is 0 Å². The number of amides is 2. The van der Waals surface area contributed by atoms with E-state index in [-0.39, 0.29) is 55.5 Å². The minimum absolute atomic E-state index is 0.00459. The quantitative estimate of drug-likeness (QED) is 0.0524. The summed E-state index contributed by atoms with van der Waals surface area (Å²) in [5.41, 5.74) is 0. The van der Waals surface area contributed by atoms with Gasteiger partial charge in [-0.1, -0.05) is 77.0 Å². The Labute approximate surface area is 312 Å². The summed E-state index contributed by atoms with van der Waals surface area (Å²) in [7, 11) is 0. The van der Waals surface area contributed by atoms with E-state index in [9.17, 15) is 33.9 Å². The van der Waals surface area contributed by atoms with Gasteiger partial charge in [-0.25, -0.2) is 0 Å². The maximum atomic E-state index is 12.1. The molecular formula is C39H70N2O11. The second-order valence-corrected chi connectivity index (χ2v) is 13.6. The molecule has 0 aliphatic heterocycles. The van der Waals surface area contributed by atoms with E-state index >= 15 is 0 Å². The van der Waals surface area contributed by atoms with Crippen LogP contribution in [0.25, 0.3) is 0 Å². The van der Waals surface area contributed by atoms with Gasteiger partial charge in [-0.05, 0) is 39.0 Å². The zero-order valence-electron chi connectivity index (χ0n) is 32.1. The van der Waals surface area contributed by atoms with Crippen molar-refractivity contribution < 1.29 is 53.2 Å². The fraction of sp³-hybridized carbons (Fsp3) is 0.846. The Balaban J connectivity index is 3.38. The molecule has 4 N–H and O–H groups in total. The Morgan fingerprint density at radius 2 is 0.885 bits per heavy atom. The minimum atomic E-state index is -1.11. The number of ketones is 2. The van der Waals surface area contributed by atoms with Crippen LogP contribution in [-0.4, -0.2) is 98.3 Å². The summed E-state index contributed by atoms with van der Waals surface area (Å²) in [6.07, 6.45) is 18.6. The van der Waals surface area contributed by atoms with Crippen LogP contribution in [0.15, 0.2) is 0 Å². The number of carboxylic acid groups (broad SMARTS) is 2. The summed E-state index contributed by atoms with van der Waals surface area (Å²) in [6, 6.07) is 0. The topological polar surface area (TPSA) is 195 Å². The molecule has 0 rings (SSSR count). The molecule has 0 unspecified atom stereocenters. The lowest BCUT2D eigenvalue weighted by atomic mass is 9.94. The fourth-order valence-electron chi connectivity index (χ4n) is 5.53. The first-order valence-corrected chi connectivity index (χ1v) is 19.8. The highest BCUT2D eigenvalue weighted by Gasteiger charge is 2.22. The van der Waals surface area contributed by atoms with Gasteiger partial charge in [0.1, 0.15) is 11.6 Å². The van der Waals surface area contributed by atoms with Gasteiger partial charge in [-0.3, -0.25) is 24.0 Å². The molecule has 0 spiro atoms. The van der Waals surface area contributed by atoms with Gasteiger partial charge in [-0.15, -0.1) is 0 Å². The van der Waals surface area contributed by atoms with Crippen molar-refractivity contribution in [3.8, 4) is 0 Å². The summed E-state index contributed by atoms with van der Waals surface area (Å²) < 4.78 is 16.5. The van der Waals surface area contributed by atoms with Crippen LogP contribution in [0.2, 0.25) is 0 Å². The van der Waals surface area contributed by atoms with Gasteiger partial charge in [0, 0.05) is 64.8 Å². The third kappa shape index (κ3) is 36.9. The molecular weight excluding hydrogens is 672 g/mol. The van der Waals surface area contributed by atoms with E-state index in [2.05, 4.69) is 10.6 Å². The number of unbranched alkanes of at least 4 members (excludes halogenated alkanes) is 13. The molecule has 0 fully saturated rings. The first kappa shape index (κ1) is 49.1. The van der Waals surface area contributed by atoms with E-state index in [1.165, 1.54) is 64.7 Å². The van der Waals surface area contributed by atoms with E-state index < -0.39 is 17.9 Å². The number of Topliss-reactive ketones (excluding diaryl/α,β-unsaturated/α-hetero) is 2. The lowest BCUT2D eigenvalue weighted by Gasteiger charge is -2.10. The average Bonchev–Trinajstić information content (AvgIpc) is 3.10. The highest BCUT2D eigenvalue weighted by molar-refractivity contribution is 5.87. The molecule has 0 bridgehead atoms. The number of nitrogens with one attached hydrogen (secondary N) is 2. The number of aliphatic carboxylic acids is 2. The summed E-state index contributed by atoms with van der Waals surface area (Å²) in [5.74, 6) is -3.30. The predicted octanol–water partition coefficient (Wildman–Crippen LogP) is 6.18. The maximum Gasteiger partial charge on any atom is 0.306 e. The molecule has 0 radical (unpaired) electrons. The van der Waals surface area contributed by atoms with Crippen LogP contribution in [0.5, 0.6) is 0 Å². The van der Waals surface area contributed by atoms with Gasteiger partial charge in [-0.2, -0.15) is 0 Å². The molecule has 52 heavy (non-hydrogen) atoms. The molecule has 0 saturated heterocycles. The molecule has 0 aromatic heterocycles. The number of hydrogen-bond donors (Lipinski definition) is 4. The smallest absolute Gasteiger partial charge is 0.306 e. The normalized spacial score (nSPS) is 11.6. The van der Waals surface area contributed by atoms with Gasteiger partial charge in [0.2, 0.25) is 11.8 Å². The standard InChI is InChI=1S/C39H70N2O11/c1-33(42)20-21-34(39(48)49)32-35(43)22-23-37(45)41-25-17-27-51-29-31-52-30-28-50-26-16-24-40-36(44)18-14-12-10-8-6-4-2-3-5-7-9-11-13-15-19-38(46)47/h34H,2-32H2,1H3,(H,40,44)(H,41,45)(H,46,47)(H,48,49)/t34-/m1/s1. The Morgan fingerprint density at radius 3 is 1.31 bits per heavy atom. The fourth-order valence-corrected chi connectivity index (χ4v) is 5.53. The van der Waals surface area contributed by atoms with Gasteiger partial charge >= 0.3 is 11.9 Å². The van der Waals surface area contributed by atoms with Crippen LogP contribution >= 0.6 is 0 Å². The molecule has 0 saturated carbocycles. The van der Waals surface area contributed by atoms with Crippen molar-refractivity contribution in [3.63, 3.8) is 0 Å². The third-order valence-corrected chi connectivity index (χ3v) is 8.66. The Hall–Kier alpha value is -2.90. The lowest BCUT2D eigenvalue weighted by molar-refractivity contribution is -0.144. The Bertz CT molecular complexity index is 961. The number of carboxylic acids is 2. The molecule has 13 heteroatoms. The largest absolute Gasteiger partial charge is 0.481 e. The minimum Gasteiger partial charge on any atom is -0.481 e. The zero-order chi connectivity index (χ0) is 38.5. The molecule has 2 amide bonds. The summed E-state index contributed by atoms with van der Waals surface area (Å²) >= 11 is 0. The van der Waals surface area contributed by atoms with Crippen LogP contribution in [0.1, 0.15) is 155 Å². The third-order valence-electron chi connectivity index (χ3n) is 8.66. The highest BCUT2D eigenvalue weighted by Crippen LogP contribution is 2.15. The second kappa shape index (κ2) is 36.5. The molecule has 302 valence electrons. The van der Waals surface area contributed by atoms with E-state index in [1.54, 1.807) is 0 Å². The highest BCUT2D eigenvalue weighted by atomic mass is 16.5. The maximum absolute atomic E-state index is 12.1. The van der Waals surface area contributed by atoms with E-state index in [0.29, 0.717) is 72.0 Å². The summed E-state index contributed by atoms with van der Waals surface area (Å²) in [4.78, 5) is 68.8. The average molecular weight is 743 g/mol. The summed E-state index contributed by atoms with van der Waals surface area (Å²) in [6.45, 7) is 5.16. The summed E-state index contributed by atoms with van der Waals surface area (Å²) in [5, 5.41) is 23.5. The number of rotatable bonds is 40. The van der Waals surface area contributed by atoms with Gasteiger partial charge < -0.3 is 39.9 Å². The van der Waals surface area contributed by atoms with Crippen LogP contribution in [0.4, 0.5) is 0 Å².